The van der Waals surface area contributed by atoms with Gasteiger partial charge in [0.15, 0.2) is 0 Å². The molecule has 0 spiro atoms. The lowest BCUT2D eigenvalue weighted by molar-refractivity contribution is 0.132. The van der Waals surface area contributed by atoms with Crippen molar-refractivity contribution >= 4 is 0 Å². The first-order chi connectivity index (χ1) is 9.31. The van der Waals surface area contributed by atoms with Crippen molar-refractivity contribution in [1.82, 2.24) is 14.5 Å². The third-order valence-electron chi connectivity index (χ3n) is 5.13. The van der Waals surface area contributed by atoms with Crippen LogP contribution in [0.1, 0.15) is 44.3 Å². The number of fused-ring (bicyclic) bond motifs is 1. The van der Waals surface area contributed by atoms with Crippen molar-refractivity contribution in [3.8, 4) is 0 Å². The summed E-state index contributed by atoms with van der Waals surface area (Å²) in [5.74, 6) is 1.22. The zero-order valence-electron chi connectivity index (χ0n) is 11.9. The number of aromatic nitrogens is 2. The highest BCUT2D eigenvalue weighted by molar-refractivity contribution is 4.96. The summed E-state index contributed by atoms with van der Waals surface area (Å²) in [6.07, 6.45) is 12.1. The standard InChI is InChI=1S/C15H26N4/c16-13-15(4-2-1-3-5-15)6-8-18-10-11-19-9-7-17-14(19)12-18/h7,9H,1-6,8,10-13,16H2. The third-order valence-corrected chi connectivity index (χ3v) is 5.13. The molecule has 0 atom stereocenters. The van der Waals surface area contributed by atoms with Crippen LogP contribution < -0.4 is 5.73 Å². The fraction of sp³-hybridized carbons (Fsp3) is 0.800. The Hall–Kier alpha value is -0.870. The van der Waals surface area contributed by atoms with Gasteiger partial charge in [-0.25, -0.2) is 4.98 Å². The van der Waals surface area contributed by atoms with Gasteiger partial charge in [0.05, 0.1) is 6.54 Å². The summed E-state index contributed by atoms with van der Waals surface area (Å²) in [4.78, 5) is 6.99. The molecule has 0 bridgehead atoms. The average Bonchev–Trinajstić information content (AvgIpc) is 2.93. The van der Waals surface area contributed by atoms with Crippen molar-refractivity contribution < 1.29 is 0 Å². The van der Waals surface area contributed by atoms with Gasteiger partial charge < -0.3 is 10.3 Å². The van der Waals surface area contributed by atoms with Crippen LogP contribution in [0.25, 0.3) is 0 Å². The van der Waals surface area contributed by atoms with E-state index in [4.69, 9.17) is 5.73 Å². The second-order valence-corrected chi connectivity index (χ2v) is 6.33. The van der Waals surface area contributed by atoms with Crippen molar-refractivity contribution in [3.63, 3.8) is 0 Å². The molecule has 0 amide bonds. The minimum atomic E-state index is 0.436. The molecule has 3 rings (SSSR count). The summed E-state index contributed by atoms with van der Waals surface area (Å²) in [6, 6.07) is 0. The highest BCUT2D eigenvalue weighted by Gasteiger charge is 2.31. The van der Waals surface area contributed by atoms with Crippen molar-refractivity contribution in [3.05, 3.63) is 18.2 Å². The van der Waals surface area contributed by atoms with E-state index < -0.39 is 0 Å². The summed E-state index contributed by atoms with van der Waals surface area (Å²) in [6.45, 7) is 5.31. The van der Waals surface area contributed by atoms with Gasteiger partial charge in [-0.05, 0) is 37.8 Å². The predicted molar refractivity (Wildman–Crippen MR) is 76.7 cm³/mol. The molecule has 2 heterocycles. The Morgan fingerprint density at radius 3 is 2.84 bits per heavy atom. The first kappa shape index (κ1) is 13.1. The Morgan fingerprint density at radius 2 is 2.05 bits per heavy atom. The van der Waals surface area contributed by atoms with E-state index in [1.807, 2.05) is 6.20 Å². The van der Waals surface area contributed by atoms with Crippen LogP contribution in [0.3, 0.4) is 0 Å². The summed E-state index contributed by atoms with van der Waals surface area (Å²) in [7, 11) is 0. The maximum Gasteiger partial charge on any atom is 0.122 e. The lowest BCUT2D eigenvalue weighted by atomic mass is 9.72. The molecule has 1 aromatic heterocycles. The van der Waals surface area contributed by atoms with E-state index in [0.717, 1.165) is 26.2 Å². The van der Waals surface area contributed by atoms with E-state index in [0.29, 0.717) is 5.41 Å². The topological polar surface area (TPSA) is 47.1 Å². The molecule has 2 aliphatic rings. The van der Waals surface area contributed by atoms with Crippen LogP contribution in [0, 0.1) is 5.41 Å². The smallest absolute Gasteiger partial charge is 0.122 e. The van der Waals surface area contributed by atoms with Gasteiger partial charge >= 0.3 is 0 Å². The van der Waals surface area contributed by atoms with Crippen LogP contribution in [0.15, 0.2) is 12.4 Å². The molecule has 0 radical (unpaired) electrons. The zero-order chi connectivity index (χ0) is 13.1. The van der Waals surface area contributed by atoms with Gasteiger partial charge in [-0.1, -0.05) is 19.3 Å². The first-order valence-corrected chi connectivity index (χ1v) is 7.74. The molecule has 0 saturated heterocycles. The number of nitrogens with two attached hydrogens (primary N) is 1. The predicted octanol–water partition coefficient (Wildman–Crippen LogP) is 2.00. The number of nitrogens with zero attached hydrogens (tertiary/aromatic N) is 3. The SMILES string of the molecule is NCC1(CCN2CCn3ccnc3C2)CCCCC1. The normalized spacial score (nSPS) is 23.2. The molecule has 1 aliphatic heterocycles. The summed E-state index contributed by atoms with van der Waals surface area (Å²) in [5, 5.41) is 0. The molecule has 19 heavy (non-hydrogen) atoms. The fourth-order valence-electron chi connectivity index (χ4n) is 3.67. The van der Waals surface area contributed by atoms with Crippen LogP contribution in [-0.4, -0.2) is 34.1 Å². The van der Waals surface area contributed by atoms with E-state index in [-0.39, 0.29) is 0 Å². The Balaban J connectivity index is 1.55. The molecule has 1 saturated carbocycles. The monoisotopic (exact) mass is 262 g/mol. The van der Waals surface area contributed by atoms with Gasteiger partial charge in [0.25, 0.3) is 0 Å². The minimum absolute atomic E-state index is 0.436. The zero-order valence-corrected chi connectivity index (χ0v) is 11.9. The van der Waals surface area contributed by atoms with Gasteiger partial charge in [0.2, 0.25) is 0 Å². The maximum absolute atomic E-state index is 6.08. The largest absolute Gasteiger partial charge is 0.333 e. The van der Waals surface area contributed by atoms with Crippen molar-refractivity contribution in [2.24, 2.45) is 11.1 Å². The highest BCUT2D eigenvalue weighted by atomic mass is 15.2. The van der Waals surface area contributed by atoms with Crippen molar-refractivity contribution in [2.75, 3.05) is 19.6 Å². The van der Waals surface area contributed by atoms with Crippen LogP contribution >= 0.6 is 0 Å². The van der Waals surface area contributed by atoms with Crippen LogP contribution in [0.4, 0.5) is 0 Å². The Kier molecular flexibility index (Phi) is 3.89. The van der Waals surface area contributed by atoms with Gasteiger partial charge in [0, 0.05) is 25.5 Å². The van der Waals surface area contributed by atoms with E-state index in [9.17, 15) is 0 Å². The lowest BCUT2D eigenvalue weighted by Crippen LogP contribution is -2.40. The summed E-state index contributed by atoms with van der Waals surface area (Å²) >= 11 is 0. The molecule has 2 N–H and O–H groups in total. The average molecular weight is 262 g/mol. The van der Waals surface area contributed by atoms with Crippen LogP contribution in [-0.2, 0) is 13.1 Å². The Labute approximate surface area is 116 Å². The third kappa shape index (κ3) is 2.84. The molecule has 4 heteroatoms. The van der Waals surface area contributed by atoms with E-state index in [1.165, 1.54) is 50.9 Å². The second-order valence-electron chi connectivity index (χ2n) is 6.33. The molecular weight excluding hydrogens is 236 g/mol. The second kappa shape index (κ2) is 5.63. The van der Waals surface area contributed by atoms with E-state index in [1.54, 1.807) is 0 Å². The Morgan fingerprint density at radius 1 is 1.21 bits per heavy atom. The molecule has 1 aliphatic carbocycles. The molecular formula is C15H26N4. The number of rotatable bonds is 4. The number of hydrogen-bond acceptors (Lipinski definition) is 3. The number of imidazole rings is 1. The molecule has 1 fully saturated rings. The van der Waals surface area contributed by atoms with Gasteiger partial charge in [-0.2, -0.15) is 0 Å². The summed E-state index contributed by atoms with van der Waals surface area (Å²) in [5.41, 5.74) is 6.51. The quantitative estimate of drug-likeness (QED) is 0.903. The molecule has 106 valence electrons. The van der Waals surface area contributed by atoms with Crippen LogP contribution in [0.5, 0.6) is 0 Å². The Bertz CT molecular complexity index is 406. The van der Waals surface area contributed by atoms with Gasteiger partial charge in [-0.3, -0.25) is 4.90 Å². The first-order valence-electron chi connectivity index (χ1n) is 7.74. The van der Waals surface area contributed by atoms with E-state index in [2.05, 4.69) is 20.6 Å². The summed E-state index contributed by atoms with van der Waals surface area (Å²) < 4.78 is 2.27. The van der Waals surface area contributed by atoms with Crippen molar-refractivity contribution in [2.45, 2.75) is 51.6 Å². The van der Waals surface area contributed by atoms with Crippen LogP contribution in [0.2, 0.25) is 0 Å². The molecule has 0 unspecified atom stereocenters. The van der Waals surface area contributed by atoms with Gasteiger partial charge in [-0.15, -0.1) is 0 Å². The lowest BCUT2D eigenvalue weighted by Gasteiger charge is -2.38. The molecule has 0 aromatic carbocycles. The highest BCUT2D eigenvalue weighted by Crippen LogP contribution is 2.38. The maximum atomic E-state index is 6.08. The van der Waals surface area contributed by atoms with Crippen molar-refractivity contribution in [1.29, 1.82) is 0 Å². The number of hydrogen-bond donors (Lipinski definition) is 1. The van der Waals surface area contributed by atoms with E-state index >= 15 is 0 Å². The fourth-order valence-corrected chi connectivity index (χ4v) is 3.67. The minimum Gasteiger partial charge on any atom is -0.333 e. The van der Waals surface area contributed by atoms with Gasteiger partial charge in [0.1, 0.15) is 5.82 Å². The molecule has 4 nitrogen and oxygen atoms in total. The molecule has 1 aromatic rings.